The van der Waals surface area contributed by atoms with Crippen LogP contribution in [-0.2, 0) is 4.79 Å². The number of hydrogen-bond acceptors (Lipinski definition) is 2. The van der Waals surface area contributed by atoms with Crippen molar-refractivity contribution in [3.63, 3.8) is 0 Å². The average molecular weight is 212 g/mol. The minimum absolute atomic E-state index is 0.145. The number of nitrogens with two attached hydrogens (primary N) is 1. The van der Waals surface area contributed by atoms with Gasteiger partial charge in [0.05, 0.1) is 6.04 Å². The summed E-state index contributed by atoms with van der Waals surface area (Å²) in [6.07, 6.45) is 6.09. The Kier molecular flexibility index (Phi) is 5.09. The molecule has 1 amide bonds. The molecule has 1 aliphatic heterocycles. The maximum Gasteiger partial charge on any atom is 0.239 e. The van der Waals surface area contributed by atoms with Gasteiger partial charge in [0.1, 0.15) is 0 Å². The number of hydrogen-bond donors (Lipinski definition) is 1. The van der Waals surface area contributed by atoms with Gasteiger partial charge >= 0.3 is 0 Å². The predicted molar refractivity (Wildman–Crippen MR) is 62.5 cm³/mol. The number of carbonyl (C=O) groups is 1. The molecule has 3 heteroatoms. The van der Waals surface area contributed by atoms with Crippen LogP contribution in [0, 0.1) is 5.92 Å². The first-order valence-electron chi connectivity index (χ1n) is 6.17. The molecule has 0 spiro atoms. The zero-order valence-corrected chi connectivity index (χ0v) is 10.0. The predicted octanol–water partition coefficient (Wildman–Crippen LogP) is 1.76. The smallest absolute Gasteiger partial charge is 0.239 e. The van der Waals surface area contributed by atoms with E-state index in [1.165, 1.54) is 19.3 Å². The first-order valence-corrected chi connectivity index (χ1v) is 6.17. The van der Waals surface area contributed by atoms with E-state index in [2.05, 4.69) is 0 Å². The largest absolute Gasteiger partial charge is 0.341 e. The molecule has 1 rings (SSSR count). The molecule has 0 aromatic rings. The summed E-state index contributed by atoms with van der Waals surface area (Å²) in [6, 6.07) is -0.315. The van der Waals surface area contributed by atoms with Crippen LogP contribution in [0.4, 0.5) is 0 Å². The molecule has 0 aromatic carbocycles. The number of nitrogens with zero attached hydrogens (tertiary/aromatic N) is 1. The van der Waals surface area contributed by atoms with Crippen LogP contribution in [0.5, 0.6) is 0 Å². The second-order valence-electron chi connectivity index (χ2n) is 4.86. The highest BCUT2D eigenvalue weighted by Crippen LogP contribution is 2.12. The van der Waals surface area contributed by atoms with Crippen molar-refractivity contribution in [1.29, 1.82) is 0 Å². The van der Waals surface area contributed by atoms with E-state index < -0.39 is 0 Å². The van der Waals surface area contributed by atoms with E-state index in [4.69, 9.17) is 5.73 Å². The highest BCUT2D eigenvalue weighted by atomic mass is 16.2. The van der Waals surface area contributed by atoms with E-state index in [0.717, 1.165) is 25.9 Å². The van der Waals surface area contributed by atoms with Crippen molar-refractivity contribution < 1.29 is 4.79 Å². The van der Waals surface area contributed by atoms with E-state index in [1.54, 1.807) is 0 Å². The summed E-state index contributed by atoms with van der Waals surface area (Å²) in [7, 11) is 0. The summed E-state index contributed by atoms with van der Waals surface area (Å²) in [5.41, 5.74) is 5.89. The Hall–Kier alpha value is -0.570. The van der Waals surface area contributed by atoms with Gasteiger partial charge in [-0.15, -0.1) is 0 Å². The third kappa shape index (κ3) is 3.82. The Balaban J connectivity index is 2.48. The zero-order valence-electron chi connectivity index (χ0n) is 10.0. The lowest BCUT2D eigenvalue weighted by Gasteiger charge is -2.28. The van der Waals surface area contributed by atoms with Crippen molar-refractivity contribution in [3.05, 3.63) is 0 Å². The molecule has 1 aliphatic rings. The summed E-state index contributed by atoms with van der Waals surface area (Å²) in [5.74, 6) is 0.384. The first-order chi connectivity index (χ1) is 7.13. The van der Waals surface area contributed by atoms with Gasteiger partial charge in [-0.25, -0.2) is 0 Å². The lowest BCUT2D eigenvalue weighted by atomic mass is 10.0. The van der Waals surface area contributed by atoms with Crippen LogP contribution < -0.4 is 5.73 Å². The van der Waals surface area contributed by atoms with Crippen LogP contribution in [0.25, 0.3) is 0 Å². The molecule has 0 radical (unpaired) electrons. The SMILES string of the molecule is CC(C)[C@@H](N)C(=O)N1CCCCCCC1. The molecule has 2 N–H and O–H groups in total. The van der Waals surface area contributed by atoms with E-state index in [1.807, 2.05) is 18.7 Å². The van der Waals surface area contributed by atoms with Gasteiger partial charge in [0.15, 0.2) is 0 Å². The third-order valence-electron chi connectivity index (χ3n) is 3.17. The number of rotatable bonds is 2. The standard InChI is InChI=1S/C12H24N2O/c1-10(2)11(13)12(15)14-8-6-4-3-5-7-9-14/h10-11H,3-9,13H2,1-2H3/t11-/m1/s1. The Morgan fingerprint density at radius 1 is 1.07 bits per heavy atom. The quantitative estimate of drug-likeness (QED) is 0.758. The van der Waals surface area contributed by atoms with E-state index in [0.29, 0.717) is 0 Å². The average Bonchev–Trinajstić information content (AvgIpc) is 2.15. The van der Waals surface area contributed by atoms with Gasteiger partial charge in [0.2, 0.25) is 5.91 Å². The molecule has 88 valence electrons. The summed E-state index contributed by atoms with van der Waals surface area (Å²) in [6.45, 7) is 5.82. The van der Waals surface area contributed by atoms with Crippen LogP contribution in [-0.4, -0.2) is 29.9 Å². The molecule has 1 fully saturated rings. The minimum Gasteiger partial charge on any atom is -0.341 e. The maximum atomic E-state index is 12.0. The van der Waals surface area contributed by atoms with Crippen LogP contribution in [0.2, 0.25) is 0 Å². The Morgan fingerprint density at radius 2 is 1.53 bits per heavy atom. The van der Waals surface area contributed by atoms with Crippen LogP contribution in [0.1, 0.15) is 46.0 Å². The molecule has 0 bridgehead atoms. The second-order valence-corrected chi connectivity index (χ2v) is 4.86. The summed E-state index contributed by atoms with van der Waals surface area (Å²) < 4.78 is 0. The van der Waals surface area contributed by atoms with Crippen molar-refractivity contribution in [2.24, 2.45) is 11.7 Å². The lowest BCUT2D eigenvalue weighted by Crippen LogP contribution is -2.47. The van der Waals surface area contributed by atoms with Crippen LogP contribution in [0.15, 0.2) is 0 Å². The third-order valence-corrected chi connectivity index (χ3v) is 3.17. The summed E-state index contributed by atoms with van der Waals surface area (Å²) in [4.78, 5) is 14.0. The molecular weight excluding hydrogens is 188 g/mol. The fraction of sp³-hybridized carbons (Fsp3) is 0.917. The number of likely N-dealkylation sites (tertiary alicyclic amines) is 1. The van der Waals surface area contributed by atoms with E-state index >= 15 is 0 Å². The Labute approximate surface area is 93.0 Å². The van der Waals surface area contributed by atoms with Crippen molar-refractivity contribution in [2.45, 2.75) is 52.0 Å². The fourth-order valence-corrected chi connectivity index (χ4v) is 1.96. The molecule has 0 unspecified atom stereocenters. The second kappa shape index (κ2) is 6.11. The highest BCUT2D eigenvalue weighted by Gasteiger charge is 2.23. The molecular formula is C12H24N2O. The highest BCUT2D eigenvalue weighted by molar-refractivity contribution is 5.81. The molecule has 0 aliphatic carbocycles. The number of amides is 1. The minimum atomic E-state index is -0.315. The first kappa shape index (κ1) is 12.5. The van der Waals surface area contributed by atoms with Crippen LogP contribution >= 0.6 is 0 Å². The lowest BCUT2D eigenvalue weighted by molar-refractivity contribution is -0.133. The van der Waals surface area contributed by atoms with Gasteiger partial charge in [-0.3, -0.25) is 4.79 Å². The summed E-state index contributed by atoms with van der Waals surface area (Å²) >= 11 is 0. The topological polar surface area (TPSA) is 46.3 Å². The molecule has 0 saturated carbocycles. The molecule has 1 heterocycles. The van der Waals surface area contributed by atoms with Crippen molar-refractivity contribution in [2.75, 3.05) is 13.1 Å². The van der Waals surface area contributed by atoms with Crippen molar-refractivity contribution in [1.82, 2.24) is 4.90 Å². The molecule has 3 nitrogen and oxygen atoms in total. The number of carbonyl (C=O) groups excluding carboxylic acids is 1. The normalized spacial score (nSPS) is 20.9. The van der Waals surface area contributed by atoms with Gasteiger partial charge in [0, 0.05) is 13.1 Å². The van der Waals surface area contributed by atoms with Crippen molar-refractivity contribution >= 4 is 5.91 Å². The Morgan fingerprint density at radius 3 is 2.00 bits per heavy atom. The van der Waals surface area contributed by atoms with Gasteiger partial charge in [-0.05, 0) is 18.8 Å². The maximum absolute atomic E-state index is 12.0. The molecule has 0 aromatic heterocycles. The fourth-order valence-electron chi connectivity index (χ4n) is 1.96. The Bertz CT molecular complexity index is 196. The van der Waals surface area contributed by atoms with Crippen molar-refractivity contribution in [3.8, 4) is 0 Å². The van der Waals surface area contributed by atoms with Gasteiger partial charge in [-0.2, -0.15) is 0 Å². The van der Waals surface area contributed by atoms with Gasteiger partial charge < -0.3 is 10.6 Å². The molecule has 1 saturated heterocycles. The van der Waals surface area contributed by atoms with E-state index in [9.17, 15) is 4.79 Å². The van der Waals surface area contributed by atoms with E-state index in [-0.39, 0.29) is 17.9 Å². The molecule has 15 heavy (non-hydrogen) atoms. The zero-order chi connectivity index (χ0) is 11.3. The monoisotopic (exact) mass is 212 g/mol. The van der Waals surface area contributed by atoms with Gasteiger partial charge in [0.25, 0.3) is 0 Å². The van der Waals surface area contributed by atoms with Crippen LogP contribution in [0.3, 0.4) is 0 Å². The summed E-state index contributed by atoms with van der Waals surface area (Å²) in [5, 5.41) is 0. The van der Waals surface area contributed by atoms with Gasteiger partial charge in [-0.1, -0.05) is 33.1 Å². The molecule has 1 atom stereocenters.